The van der Waals surface area contributed by atoms with E-state index in [2.05, 4.69) is 41.4 Å². The highest BCUT2D eigenvalue weighted by Gasteiger charge is 2.29. The minimum Gasteiger partial charge on any atom is -0.378 e. The smallest absolute Gasteiger partial charge is 0.242 e. The summed E-state index contributed by atoms with van der Waals surface area (Å²) in [5, 5.41) is 6.66. The fraction of sp³-hybridized carbons (Fsp3) is 0.667. The van der Waals surface area contributed by atoms with Crippen LogP contribution in [0, 0.1) is 5.92 Å². The van der Waals surface area contributed by atoms with Crippen molar-refractivity contribution in [2.75, 3.05) is 11.9 Å². The zero-order chi connectivity index (χ0) is 22.9. The first kappa shape index (κ1) is 24.2. The Morgan fingerprint density at radius 1 is 1.28 bits per heavy atom. The van der Waals surface area contributed by atoms with Gasteiger partial charge >= 0.3 is 0 Å². The Morgan fingerprint density at radius 3 is 2.81 bits per heavy atom. The molecule has 2 aromatic heterocycles. The van der Waals surface area contributed by atoms with Crippen molar-refractivity contribution < 1.29 is 9.53 Å². The molecule has 1 fully saturated rings. The molecule has 0 saturated heterocycles. The first-order valence-corrected chi connectivity index (χ1v) is 12.0. The third-order valence-corrected chi connectivity index (χ3v) is 5.77. The summed E-state index contributed by atoms with van der Waals surface area (Å²) < 4.78 is 7.53. The third kappa shape index (κ3) is 7.02. The molecule has 3 unspecified atom stereocenters. The number of ether oxygens (including phenoxy) is 1. The predicted molar refractivity (Wildman–Crippen MR) is 126 cm³/mol. The van der Waals surface area contributed by atoms with Crippen molar-refractivity contribution in [1.82, 2.24) is 24.8 Å². The second-order valence-electron chi connectivity index (χ2n) is 9.04. The van der Waals surface area contributed by atoms with Crippen molar-refractivity contribution in [2.24, 2.45) is 5.92 Å². The molecule has 0 aliphatic heterocycles. The van der Waals surface area contributed by atoms with Gasteiger partial charge in [-0.15, -0.1) is 0 Å². The summed E-state index contributed by atoms with van der Waals surface area (Å²) in [6, 6.07) is 1.78. The fourth-order valence-electron chi connectivity index (χ4n) is 4.18. The molecule has 1 aliphatic carbocycles. The molecule has 2 N–H and O–H groups in total. The number of aryl methyl sites for hydroxylation is 1. The number of rotatable bonds is 12. The van der Waals surface area contributed by atoms with Gasteiger partial charge in [-0.1, -0.05) is 27.2 Å². The summed E-state index contributed by atoms with van der Waals surface area (Å²) in [7, 11) is 0. The average molecular weight is 443 g/mol. The van der Waals surface area contributed by atoms with Crippen LogP contribution in [0.2, 0.25) is 0 Å². The lowest BCUT2D eigenvalue weighted by Gasteiger charge is -2.23. The average Bonchev–Trinajstić information content (AvgIpc) is 3.44. The van der Waals surface area contributed by atoms with E-state index in [1.807, 2.05) is 19.2 Å². The lowest BCUT2D eigenvalue weighted by Crippen LogP contribution is -2.44. The molecular formula is C24H38N6O2. The molecule has 1 aliphatic rings. The number of nitrogens with zero attached hydrogens (tertiary/aromatic N) is 4. The molecule has 0 spiro atoms. The van der Waals surface area contributed by atoms with Crippen LogP contribution in [-0.4, -0.2) is 50.2 Å². The lowest BCUT2D eigenvalue weighted by molar-refractivity contribution is -0.122. The molecule has 0 aromatic carbocycles. The van der Waals surface area contributed by atoms with Crippen molar-refractivity contribution in [1.29, 1.82) is 0 Å². The number of anilines is 1. The Bertz CT molecular complexity index is 839. The molecule has 1 saturated carbocycles. The molecule has 8 heteroatoms. The molecule has 2 aromatic rings. The van der Waals surface area contributed by atoms with E-state index >= 15 is 0 Å². The van der Waals surface area contributed by atoms with Crippen LogP contribution >= 0.6 is 0 Å². The van der Waals surface area contributed by atoms with Crippen LogP contribution < -0.4 is 10.6 Å². The Kier molecular flexibility index (Phi) is 9.02. The molecule has 0 bridgehead atoms. The van der Waals surface area contributed by atoms with E-state index in [1.165, 1.54) is 0 Å². The predicted octanol–water partition coefficient (Wildman–Crippen LogP) is 3.91. The van der Waals surface area contributed by atoms with Crippen molar-refractivity contribution in [3.05, 3.63) is 30.5 Å². The number of hydrogen-bond acceptors (Lipinski definition) is 6. The molecule has 2 heterocycles. The summed E-state index contributed by atoms with van der Waals surface area (Å²) >= 11 is 0. The first-order chi connectivity index (χ1) is 15.5. The monoisotopic (exact) mass is 442 g/mol. The Balaban J connectivity index is 1.75. The van der Waals surface area contributed by atoms with Crippen LogP contribution in [0.15, 0.2) is 24.8 Å². The van der Waals surface area contributed by atoms with Crippen molar-refractivity contribution in [3.63, 3.8) is 0 Å². The standard InChI is InChI=1S/C24H38N6O2/c1-5-7-8-18-15-22(29-24(27-18)30-12-11-25-16-30)28-21(13-17(3)4)23(31)26-19-9-10-20(14-19)32-6-2/h11-12,15-17,19-21H,5-10,13-14H2,1-4H3,(H,26,31)(H,27,28,29). The van der Waals surface area contributed by atoms with Gasteiger partial charge in [-0.2, -0.15) is 4.98 Å². The third-order valence-electron chi connectivity index (χ3n) is 5.77. The van der Waals surface area contributed by atoms with Gasteiger partial charge in [-0.05, 0) is 51.4 Å². The molecular weight excluding hydrogens is 404 g/mol. The second kappa shape index (κ2) is 11.9. The first-order valence-electron chi connectivity index (χ1n) is 12.0. The lowest BCUT2D eigenvalue weighted by atomic mass is 10.0. The summed E-state index contributed by atoms with van der Waals surface area (Å²) in [5.74, 6) is 1.64. The van der Waals surface area contributed by atoms with Gasteiger partial charge < -0.3 is 15.4 Å². The van der Waals surface area contributed by atoms with E-state index in [0.29, 0.717) is 17.7 Å². The van der Waals surface area contributed by atoms with Crippen LogP contribution in [0.5, 0.6) is 0 Å². The Morgan fingerprint density at radius 2 is 2.12 bits per heavy atom. The van der Waals surface area contributed by atoms with E-state index in [-0.39, 0.29) is 24.1 Å². The van der Waals surface area contributed by atoms with Gasteiger partial charge in [-0.25, -0.2) is 9.97 Å². The highest BCUT2D eigenvalue weighted by molar-refractivity contribution is 5.84. The molecule has 3 atom stereocenters. The SMILES string of the molecule is CCCCc1cc(NC(CC(C)C)C(=O)NC2CCC(OCC)C2)nc(-n2ccnc2)n1. The van der Waals surface area contributed by atoms with E-state index in [4.69, 9.17) is 9.72 Å². The number of aromatic nitrogens is 4. The Hall–Kier alpha value is -2.48. The van der Waals surface area contributed by atoms with E-state index < -0.39 is 0 Å². The quantitative estimate of drug-likeness (QED) is 0.518. The second-order valence-corrected chi connectivity index (χ2v) is 9.04. The number of nitrogens with one attached hydrogen (secondary N) is 2. The van der Waals surface area contributed by atoms with Gasteiger partial charge in [0.1, 0.15) is 18.2 Å². The number of amides is 1. The van der Waals surface area contributed by atoms with Crippen molar-refractivity contribution in [3.8, 4) is 5.95 Å². The highest BCUT2D eigenvalue weighted by atomic mass is 16.5. The van der Waals surface area contributed by atoms with Gasteiger partial charge in [-0.3, -0.25) is 9.36 Å². The van der Waals surface area contributed by atoms with Crippen LogP contribution in [0.1, 0.15) is 71.9 Å². The van der Waals surface area contributed by atoms with Crippen molar-refractivity contribution in [2.45, 2.75) is 90.8 Å². The van der Waals surface area contributed by atoms with Gasteiger partial charge in [0.25, 0.3) is 0 Å². The highest BCUT2D eigenvalue weighted by Crippen LogP contribution is 2.23. The van der Waals surface area contributed by atoms with Gasteiger partial charge in [0.05, 0.1) is 6.10 Å². The minimum absolute atomic E-state index is 0.0266. The van der Waals surface area contributed by atoms with Crippen LogP contribution in [0.25, 0.3) is 5.95 Å². The number of carbonyl (C=O) groups is 1. The number of unbranched alkanes of at least 4 members (excludes halogenated alkanes) is 1. The van der Waals surface area contributed by atoms with E-state index in [9.17, 15) is 4.79 Å². The van der Waals surface area contributed by atoms with Gasteiger partial charge in [0.2, 0.25) is 11.9 Å². The molecule has 0 radical (unpaired) electrons. The van der Waals surface area contributed by atoms with Gasteiger partial charge in [0.15, 0.2) is 0 Å². The maximum absolute atomic E-state index is 13.2. The normalized spacial score (nSPS) is 19.3. The summed E-state index contributed by atoms with van der Waals surface area (Å²) in [4.78, 5) is 26.7. The fourth-order valence-corrected chi connectivity index (χ4v) is 4.18. The number of imidazole rings is 1. The van der Waals surface area contributed by atoms with Gasteiger partial charge in [0, 0.05) is 36.8 Å². The van der Waals surface area contributed by atoms with Crippen molar-refractivity contribution >= 4 is 11.7 Å². The number of carbonyl (C=O) groups excluding carboxylic acids is 1. The molecule has 8 nitrogen and oxygen atoms in total. The zero-order valence-electron chi connectivity index (χ0n) is 19.9. The molecule has 32 heavy (non-hydrogen) atoms. The molecule has 3 rings (SSSR count). The topological polar surface area (TPSA) is 94.0 Å². The Labute approximate surface area is 191 Å². The van der Waals surface area contributed by atoms with Crippen LogP contribution in [-0.2, 0) is 16.0 Å². The van der Waals surface area contributed by atoms with E-state index in [0.717, 1.165) is 57.2 Å². The molecule has 176 valence electrons. The van der Waals surface area contributed by atoms with E-state index in [1.54, 1.807) is 17.1 Å². The largest absolute Gasteiger partial charge is 0.378 e. The van der Waals surface area contributed by atoms with Crippen LogP contribution in [0.4, 0.5) is 5.82 Å². The number of hydrogen-bond donors (Lipinski definition) is 2. The summed E-state index contributed by atoms with van der Waals surface area (Å²) in [5.41, 5.74) is 0.965. The maximum atomic E-state index is 13.2. The summed E-state index contributed by atoms with van der Waals surface area (Å²) in [6.45, 7) is 9.16. The minimum atomic E-state index is -0.356. The van der Waals surface area contributed by atoms with Crippen LogP contribution in [0.3, 0.4) is 0 Å². The summed E-state index contributed by atoms with van der Waals surface area (Å²) in [6.07, 6.45) is 12.1. The molecule has 1 amide bonds. The maximum Gasteiger partial charge on any atom is 0.242 e. The zero-order valence-corrected chi connectivity index (χ0v) is 19.9.